The highest BCUT2D eigenvalue weighted by Crippen LogP contribution is 2.42. The van der Waals surface area contributed by atoms with Crippen LogP contribution >= 0.6 is 11.8 Å². The number of rotatable bonds is 6. The lowest BCUT2D eigenvalue weighted by atomic mass is 10.1. The first-order chi connectivity index (χ1) is 11.1. The second kappa shape index (κ2) is 8.39. The van der Waals surface area contributed by atoms with Gasteiger partial charge in [0.2, 0.25) is 5.91 Å². The number of unbranched alkanes of at least 4 members (excludes halogenated alkanes) is 1. The van der Waals surface area contributed by atoms with Crippen LogP contribution < -0.4 is 0 Å². The summed E-state index contributed by atoms with van der Waals surface area (Å²) in [6.45, 7) is 6.22. The summed E-state index contributed by atoms with van der Waals surface area (Å²) in [7, 11) is 0. The molecule has 0 radical (unpaired) electrons. The van der Waals surface area contributed by atoms with Crippen molar-refractivity contribution in [2.45, 2.75) is 45.0 Å². The van der Waals surface area contributed by atoms with Gasteiger partial charge in [-0.05, 0) is 12.0 Å². The van der Waals surface area contributed by atoms with Gasteiger partial charge in [-0.25, -0.2) is 4.79 Å². The third-order valence-electron chi connectivity index (χ3n) is 3.85. The SMILES string of the molecule is CCCCOC(=O)[C@H]1CS[C@@H](c2ccccc2)N1C(=O)C(C)C. The van der Waals surface area contributed by atoms with Gasteiger partial charge in [-0.3, -0.25) is 4.79 Å². The number of thioether (sulfide) groups is 1. The maximum atomic E-state index is 12.7. The predicted molar refractivity (Wildman–Crippen MR) is 93.0 cm³/mol. The van der Waals surface area contributed by atoms with E-state index in [-0.39, 0.29) is 23.2 Å². The van der Waals surface area contributed by atoms with Crippen molar-refractivity contribution in [2.75, 3.05) is 12.4 Å². The average Bonchev–Trinajstić information content (AvgIpc) is 2.99. The number of hydrogen-bond donors (Lipinski definition) is 0. The van der Waals surface area contributed by atoms with Crippen molar-refractivity contribution in [1.29, 1.82) is 0 Å². The molecule has 1 heterocycles. The molecular weight excluding hydrogens is 310 g/mol. The highest BCUT2D eigenvalue weighted by molar-refractivity contribution is 7.99. The van der Waals surface area contributed by atoms with Gasteiger partial charge in [0, 0.05) is 11.7 Å². The van der Waals surface area contributed by atoms with E-state index in [0.29, 0.717) is 12.4 Å². The maximum absolute atomic E-state index is 12.7. The van der Waals surface area contributed by atoms with E-state index in [4.69, 9.17) is 4.74 Å². The smallest absolute Gasteiger partial charge is 0.329 e. The Morgan fingerprint density at radius 1 is 1.30 bits per heavy atom. The molecule has 0 spiro atoms. The first kappa shape index (κ1) is 17.9. The first-order valence-corrected chi connectivity index (χ1v) is 9.26. The molecule has 1 aromatic rings. The average molecular weight is 335 g/mol. The summed E-state index contributed by atoms with van der Waals surface area (Å²) in [6.07, 6.45) is 1.83. The van der Waals surface area contributed by atoms with Crippen LogP contribution in [0.3, 0.4) is 0 Å². The number of carbonyl (C=O) groups is 2. The van der Waals surface area contributed by atoms with E-state index in [9.17, 15) is 9.59 Å². The van der Waals surface area contributed by atoms with E-state index in [1.807, 2.05) is 44.2 Å². The van der Waals surface area contributed by atoms with Crippen molar-refractivity contribution in [2.24, 2.45) is 5.92 Å². The molecule has 2 atom stereocenters. The van der Waals surface area contributed by atoms with Crippen molar-refractivity contribution in [1.82, 2.24) is 4.90 Å². The molecule has 126 valence electrons. The number of ether oxygens (including phenoxy) is 1. The largest absolute Gasteiger partial charge is 0.464 e. The van der Waals surface area contributed by atoms with E-state index in [1.54, 1.807) is 16.7 Å². The number of hydrogen-bond acceptors (Lipinski definition) is 4. The van der Waals surface area contributed by atoms with Crippen molar-refractivity contribution >= 4 is 23.6 Å². The van der Waals surface area contributed by atoms with E-state index >= 15 is 0 Å². The quantitative estimate of drug-likeness (QED) is 0.588. The highest BCUT2D eigenvalue weighted by atomic mass is 32.2. The second-order valence-corrected chi connectivity index (χ2v) is 7.15. The fourth-order valence-corrected chi connectivity index (χ4v) is 3.97. The van der Waals surface area contributed by atoms with Crippen molar-refractivity contribution in [3.05, 3.63) is 35.9 Å². The molecule has 1 amide bonds. The van der Waals surface area contributed by atoms with Crippen molar-refractivity contribution < 1.29 is 14.3 Å². The normalized spacial score (nSPS) is 20.8. The zero-order valence-electron chi connectivity index (χ0n) is 14.0. The summed E-state index contributed by atoms with van der Waals surface area (Å²) in [5.41, 5.74) is 1.05. The molecule has 0 bridgehead atoms. The summed E-state index contributed by atoms with van der Waals surface area (Å²) in [4.78, 5) is 26.8. The minimum Gasteiger partial charge on any atom is -0.464 e. The van der Waals surface area contributed by atoms with Gasteiger partial charge in [-0.15, -0.1) is 11.8 Å². The van der Waals surface area contributed by atoms with E-state index in [0.717, 1.165) is 18.4 Å². The van der Waals surface area contributed by atoms with Gasteiger partial charge >= 0.3 is 5.97 Å². The second-order valence-electron chi connectivity index (χ2n) is 6.03. The molecule has 23 heavy (non-hydrogen) atoms. The molecule has 1 fully saturated rings. The number of carbonyl (C=O) groups excluding carboxylic acids is 2. The summed E-state index contributed by atoms with van der Waals surface area (Å²) >= 11 is 1.63. The van der Waals surface area contributed by atoms with Crippen LogP contribution in [-0.4, -0.2) is 35.2 Å². The lowest BCUT2D eigenvalue weighted by Gasteiger charge is -2.30. The third-order valence-corrected chi connectivity index (χ3v) is 5.17. The van der Waals surface area contributed by atoms with Crippen LogP contribution in [0, 0.1) is 5.92 Å². The molecular formula is C18H25NO3S. The minimum absolute atomic E-state index is 0.00120. The number of esters is 1. The molecule has 0 aromatic heterocycles. The summed E-state index contributed by atoms with van der Waals surface area (Å²) in [5.74, 6) is 0.161. The zero-order valence-corrected chi connectivity index (χ0v) is 14.8. The molecule has 0 saturated carbocycles. The molecule has 0 unspecified atom stereocenters. The topological polar surface area (TPSA) is 46.6 Å². The van der Waals surface area contributed by atoms with Crippen molar-refractivity contribution in [3.63, 3.8) is 0 Å². The molecule has 2 rings (SSSR count). The van der Waals surface area contributed by atoms with Gasteiger partial charge in [0.15, 0.2) is 0 Å². The van der Waals surface area contributed by atoms with Crippen LogP contribution in [0.2, 0.25) is 0 Å². The number of benzene rings is 1. The van der Waals surface area contributed by atoms with E-state index < -0.39 is 6.04 Å². The summed E-state index contributed by atoms with van der Waals surface area (Å²) in [6, 6.07) is 9.39. The third kappa shape index (κ3) is 4.28. The van der Waals surface area contributed by atoms with E-state index in [1.165, 1.54) is 0 Å². The van der Waals surface area contributed by atoms with Crippen LogP contribution in [0.25, 0.3) is 0 Å². The Labute approximate surface area is 142 Å². The molecule has 0 N–H and O–H groups in total. The van der Waals surface area contributed by atoms with Gasteiger partial charge in [0.05, 0.1) is 6.61 Å². The first-order valence-electron chi connectivity index (χ1n) is 8.21. The van der Waals surface area contributed by atoms with Gasteiger partial charge in [0.1, 0.15) is 11.4 Å². The fourth-order valence-electron chi connectivity index (χ4n) is 2.54. The molecule has 0 aliphatic carbocycles. The van der Waals surface area contributed by atoms with Gasteiger partial charge < -0.3 is 9.64 Å². The lowest BCUT2D eigenvalue weighted by Crippen LogP contribution is -2.45. The van der Waals surface area contributed by atoms with Crippen molar-refractivity contribution in [3.8, 4) is 0 Å². The highest BCUT2D eigenvalue weighted by Gasteiger charge is 2.43. The van der Waals surface area contributed by atoms with Gasteiger partial charge in [-0.2, -0.15) is 0 Å². The molecule has 5 heteroatoms. The standard InChI is InChI=1S/C18H25NO3S/c1-4-5-11-22-18(21)15-12-23-17(14-9-7-6-8-10-14)19(15)16(20)13(2)3/h6-10,13,15,17H,4-5,11-12H2,1-3H3/t15-,17+/m1/s1. The minimum atomic E-state index is -0.489. The predicted octanol–water partition coefficient (Wildman–Crippen LogP) is 3.63. The Balaban J connectivity index is 2.19. The molecule has 1 aromatic carbocycles. The van der Waals surface area contributed by atoms with Crippen LogP contribution in [0.1, 0.15) is 44.6 Å². The summed E-state index contributed by atoms with van der Waals surface area (Å²) < 4.78 is 5.36. The molecule has 4 nitrogen and oxygen atoms in total. The van der Waals surface area contributed by atoms with Crippen LogP contribution in [0.5, 0.6) is 0 Å². The van der Waals surface area contributed by atoms with Gasteiger partial charge in [0.25, 0.3) is 0 Å². The van der Waals surface area contributed by atoms with Crippen LogP contribution in [0.4, 0.5) is 0 Å². The molecule has 1 aliphatic rings. The molecule has 1 aliphatic heterocycles. The lowest BCUT2D eigenvalue weighted by molar-refractivity contribution is -0.155. The Kier molecular flexibility index (Phi) is 6.51. The molecule has 1 saturated heterocycles. The number of amides is 1. The zero-order chi connectivity index (χ0) is 16.8. The fraction of sp³-hybridized carbons (Fsp3) is 0.556. The van der Waals surface area contributed by atoms with E-state index in [2.05, 4.69) is 6.92 Å². The van der Waals surface area contributed by atoms with Crippen LogP contribution in [0.15, 0.2) is 30.3 Å². The number of nitrogens with zero attached hydrogens (tertiary/aromatic N) is 1. The van der Waals surface area contributed by atoms with Gasteiger partial charge in [-0.1, -0.05) is 57.5 Å². The monoisotopic (exact) mass is 335 g/mol. The Morgan fingerprint density at radius 3 is 2.61 bits per heavy atom. The summed E-state index contributed by atoms with van der Waals surface area (Å²) in [5, 5.41) is -0.116. The Morgan fingerprint density at radius 2 is 2.00 bits per heavy atom. The maximum Gasteiger partial charge on any atom is 0.329 e. The Hall–Kier alpha value is -1.49. The Bertz CT molecular complexity index is 532. The van der Waals surface area contributed by atoms with Crippen LogP contribution in [-0.2, 0) is 14.3 Å².